The third-order valence-electron chi connectivity index (χ3n) is 2.02. The van der Waals surface area contributed by atoms with E-state index in [4.69, 9.17) is 10.5 Å². The van der Waals surface area contributed by atoms with Crippen LogP contribution in [0.5, 0.6) is 5.75 Å². The lowest BCUT2D eigenvalue weighted by Crippen LogP contribution is -2.10. The first-order valence-corrected chi connectivity index (χ1v) is 4.03. The molecule has 1 aliphatic heterocycles. The molecule has 0 unspecified atom stereocenters. The third-order valence-corrected chi connectivity index (χ3v) is 2.02. The van der Waals surface area contributed by atoms with Gasteiger partial charge in [0.1, 0.15) is 12.4 Å². The van der Waals surface area contributed by atoms with Gasteiger partial charge in [-0.2, -0.15) is 0 Å². The van der Waals surface area contributed by atoms with Gasteiger partial charge in [-0.25, -0.2) is 0 Å². The van der Waals surface area contributed by atoms with Crippen LogP contribution in [0.25, 0.3) is 5.57 Å². The number of hydrogen-bond donors (Lipinski definition) is 1. The van der Waals surface area contributed by atoms with Crippen molar-refractivity contribution < 1.29 is 4.74 Å². The zero-order valence-electron chi connectivity index (χ0n) is 7.19. The fraction of sp³-hybridized carbons (Fsp3) is 0.200. The van der Waals surface area contributed by atoms with Crippen LogP contribution in [0.15, 0.2) is 30.3 Å². The quantitative estimate of drug-likeness (QED) is 0.746. The number of rotatable bonds is 1. The van der Waals surface area contributed by atoms with Gasteiger partial charge in [0, 0.05) is 12.1 Å². The number of benzene rings is 1. The molecule has 0 atom stereocenters. The Morgan fingerprint density at radius 3 is 2.85 bits per heavy atom. The summed E-state index contributed by atoms with van der Waals surface area (Å²) < 4.78 is 5.42. The van der Waals surface area contributed by atoms with Crippen molar-refractivity contribution in [1.29, 1.82) is 0 Å². The van der Waals surface area contributed by atoms with Crippen molar-refractivity contribution >= 4 is 18.0 Å². The van der Waals surface area contributed by atoms with Crippen LogP contribution >= 0.6 is 12.4 Å². The second-order valence-corrected chi connectivity index (χ2v) is 2.74. The number of para-hydroxylation sites is 1. The predicted molar refractivity (Wildman–Crippen MR) is 56.2 cm³/mol. The molecule has 1 aromatic carbocycles. The number of nitrogens with two attached hydrogens (primary N) is 1. The Morgan fingerprint density at radius 1 is 1.31 bits per heavy atom. The lowest BCUT2D eigenvalue weighted by Gasteiger charge is -2.16. The second-order valence-electron chi connectivity index (χ2n) is 2.74. The number of ether oxygens (including phenoxy) is 1. The van der Waals surface area contributed by atoms with Gasteiger partial charge in [-0.1, -0.05) is 18.2 Å². The van der Waals surface area contributed by atoms with Crippen molar-refractivity contribution in [3.05, 3.63) is 35.9 Å². The molecule has 70 valence electrons. The van der Waals surface area contributed by atoms with Gasteiger partial charge in [0.05, 0.1) is 0 Å². The van der Waals surface area contributed by atoms with E-state index < -0.39 is 0 Å². The van der Waals surface area contributed by atoms with Crippen LogP contribution in [-0.2, 0) is 0 Å². The molecule has 3 heteroatoms. The third kappa shape index (κ3) is 1.85. The Bertz CT molecular complexity index is 322. The molecule has 0 spiro atoms. The molecule has 1 aromatic rings. The summed E-state index contributed by atoms with van der Waals surface area (Å²) in [5, 5.41) is 0. The predicted octanol–water partition coefficient (Wildman–Crippen LogP) is 1.84. The van der Waals surface area contributed by atoms with Crippen LogP contribution < -0.4 is 10.5 Å². The molecule has 0 fully saturated rings. The maximum absolute atomic E-state index is 5.59. The maximum Gasteiger partial charge on any atom is 0.127 e. The van der Waals surface area contributed by atoms with Gasteiger partial charge in [-0.15, -0.1) is 12.4 Å². The van der Waals surface area contributed by atoms with Crippen LogP contribution in [0.1, 0.15) is 5.56 Å². The molecule has 0 bridgehead atoms. The largest absolute Gasteiger partial charge is 0.489 e. The topological polar surface area (TPSA) is 35.2 Å². The minimum Gasteiger partial charge on any atom is -0.489 e. The highest BCUT2D eigenvalue weighted by Gasteiger charge is 2.10. The van der Waals surface area contributed by atoms with E-state index in [1.807, 2.05) is 30.3 Å². The first kappa shape index (κ1) is 10.1. The minimum atomic E-state index is 0. The Labute approximate surface area is 83.8 Å². The second kappa shape index (κ2) is 4.30. The first-order chi connectivity index (χ1) is 5.92. The summed E-state index contributed by atoms with van der Waals surface area (Å²) >= 11 is 0. The summed E-state index contributed by atoms with van der Waals surface area (Å²) in [5.41, 5.74) is 7.90. The summed E-state index contributed by atoms with van der Waals surface area (Å²) in [4.78, 5) is 0. The molecule has 0 saturated carbocycles. The van der Waals surface area contributed by atoms with Crippen LogP contribution in [-0.4, -0.2) is 13.2 Å². The molecule has 0 aliphatic carbocycles. The smallest absolute Gasteiger partial charge is 0.127 e. The fourth-order valence-corrected chi connectivity index (χ4v) is 1.39. The van der Waals surface area contributed by atoms with Crippen molar-refractivity contribution in [3.8, 4) is 5.75 Å². The van der Waals surface area contributed by atoms with E-state index in [0.29, 0.717) is 13.2 Å². The SMILES string of the molecule is Cl.NCC1=CCOc2ccccc21. The molecule has 0 radical (unpaired) electrons. The summed E-state index contributed by atoms with van der Waals surface area (Å²) in [5.74, 6) is 0.945. The van der Waals surface area contributed by atoms with E-state index in [1.165, 1.54) is 5.57 Å². The highest BCUT2D eigenvalue weighted by atomic mass is 35.5. The normalized spacial score (nSPS) is 13.5. The molecule has 2 nitrogen and oxygen atoms in total. The Morgan fingerprint density at radius 2 is 2.08 bits per heavy atom. The van der Waals surface area contributed by atoms with Gasteiger partial charge in [-0.3, -0.25) is 0 Å². The van der Waals surface area contributed by atoms with E-state index in [2.05, 4.69) is 0 Å². The fourth-order valence-electron chi connectivity index (χ4n) is 1.39. The molecule has 13 heavy (non-hydrogen) atoms. The van der Waals surface area contributed by atoms with Gasteiger partial charge >= 0.3 is 0 Å². The van der Waals surface area contributed by atoms with Crippen molar-refractivity contribution in [2.75, 3.05) is 13.2 Å². The van der Waals surface area contributed by atoms with E-state index in [1.54, 1.807) is 0 Å². The number of fused-ring (bicyclic) bond motifs is 1. The lowest BCUT2D eigenvalue weighted by atomic mass is 10.0. The van der Waals surface area contributed by atoms with Crippen molar-refractivity contribution in [2.45, 2.75) is 0 Å². The molecule has 0 amide bonds. The van der Waals surface area contributed by atoms with Crippen molar-refractivity contribution in [3.63, 3.8) is 0 Å². The van der Waals surface area contributed by atoms with E-state index in [-0.39, 0.29) is 12.4 Å². The first-order valence-electron chi connectivity index (χ1n) is 4.03. The zero-order valence-corrected chi connectivity index (χ0v) is 8.01. The molecular formula is C10H12ClNO. The van der Waals surface area contributed by atoms with Gasteiger partial charge in [0.15, 0.2) is 0 Å². The highest BCUT2D eigenvalue weighted by Crippen LogP contribution is 2.28. The van der Waals surface area contributed by atoms with E-state index in [0.717, 1.165) is 11.3 Å². The summed E-state index contributed by atoms with van der Waals surface area (Å²) in [6.07, 6.45) is 2.03. The summed E-state index contributed by atoms with van der Waals surface area (Å²) in [6.45, 7) is 1.23. The van der Waals surface area contributed by atoms with Crippen LogP contribution in [0.4, 0.5) is 0 Å². The minimum absolute atomic E-state index is 0. The standard InChI is InChI=1S/C10H11NO.ClH/c11-7-8-5-6-12-10-4-2-1-3-9(8)10;/h1-5H,6-7,11H2;1H. The van der Waals surface area contributed by atoms with Crippen molar-refractivity contribution in [1.82, 2.24) is 0 Å². The highest BCUT2D eigenvalue weighted by molar-refractivity contribution is 5.85. The van der Waals surface area contributed by atoms with Gasteiger partial charge in [0.2, 0.25) is 0 Å². The van der Waals surface area contributed by atoms with Crippen LogP contribution in [0, 0.1) is 0 Å². The average Bonchev–Trinajstić information content (AvgIpc) is 2.17. The molecule has 1 heterocycles. The van der Waals surface area contributed by atoms with Crippen LogP contribution in [0.3, 0.4) is 0 Å². The van der Waals surface area contributed by atoms with E-state index in [9.17, 15) is 0 Å². The van der Waals surface area contributed by atoms with Crippen LogP contribution in [0.2, 0.25) is 0 Å². The van der Waals surface area contributed by atoms with Gasteiger partial charge in [-0.05, 0) is 17.7 Å². The number of halogens is 1. The van der Waals surface area contributed by atoms with E-state index >= 15 is 0 Å². The number of hydrogen-bond acceptors (Lipinski definition) is 2. The molecule has 2 N–H and O–H groups in total. The molecule has 2 rings (SSSR count). The molecular weight excluding hydrogens is 186 g/mol. The molecule has 1 aliphatic rings. The Balaban J connectivity index is 0.000000845. The summed E-state index contributed by atoms with van der Waals surface area (Å²) in [6, 6.07) is 7.97. The molecule has 0 saturated heterocycles. The lowest BCUT2D eigenvalue weighted by molar-refractivity contribution is 0.357. The zero-order chi connectivity index (χ0) is 8.39. The monoisotopic (exact) mass is 197 g/mol. The van der Waals surface area contributed by atoms with Crippen molar-refractivity contribution in [2.24, 2.45) is 5.73 Å². The summed E-state index contributed by atoms with van der Waals surface area (Å²) in [7, 11) is 0. The van der Waals surface area contributed by atoms with Gasteiger partial charge < -0.3 is 10.5 Å². The maximum atomic E-state index is 5.59. The molecule has 0 aromatic heterocycles. The van der Waals surface area contributed by atoms with Gasteiger partial charge in [0.25, 0.3) is 0 Å². The average molecular weight is 198 g/mol. The Kier molecular flexibility index (Phi) is 3.34. The Hall–Kier alpha value is -0.990.